The van der Waals surface area contributed by atoms with E-state index in [-0.39, 0.29) is 0 Å². The first-order valence-electron chi connectivity index (χ1n) is 7.52. The summed E-state index contributed by atoms with van der Waals surface area (Å²) in [6.07, 6.45) is 1.53. The molecule has 7 heteroatoms. The second-order valence-corrected chi connectivity index (χ2v) is 5.35. The Morgan fingerprint density at radius 2 is 2.08 bits per heavy atom. The predicted octanol–water partition coefficient (Wildman–Crippen LogP) is 2.21. The van der Waals surface area contributed by atoms with E-state index in [4.69, 9.17) is 9.47 Å². The van der Waals surface area contributed by atoms with Crippen LogP contribution in [-0.2, 0) is 9.59 Å². The number of ether oxygens (including phenoxy) is 2. The highest BCUT2D eigenvalue weighted by Crippen LogP contribution is 2.32. The summed E-state index contributed by atoms with van der Waals surface area (Å²) < 4.78 is 11.0. The molecule has 2 N–H and O–H groups in total. The number of rotatable bonds is 4. The topological polar surface area (TPSA) is 89.6 Å². The molecule has 0 radical (unpaired) electrons. The lowest BCUT2D eigenvalue weighted by atomic mass is 10.0. The maximum Gasteiger partial charge on any atom is 0.279 e. The molecule has 0 aliphatic carbocycles. The number of carbonyl (C=O) groups is 2. The maximum absolute atomic E-state index is 12.6. The van der Waals surface area contributed by atoms with Crippen molar-refractivity contribution >= 4 is 23.3 Å². The molecule has 1 aromatic carbocycles. The van der Waals surface area contributed by atoms with Gasteiger partial charge >= 0.3 is 0 Å². The molecule has 0 spiro atoms. The van der Waals surface area contributed by atoms with Gasteiger partial charge in [-0.3, -0.25) is 9.59 Å². The van der Waals surface area contributed by atoms with E-state index in [1.54, 1.807) is 36.4 Å². The predicted molar refractivity (Wildman–Crippen MR) is 88.1 cm³/mol. The van der Waals surface area contributed by atoms with Gasteiger partial charge in [-0.2, -0.15) is 0 Å². The standard InChI is InChI=1S/C17H17N3O4/c1-3-23-12-8-6-11(7-9-12)19-15(21)17(2)16(22)20-14-13(24-17)5-4-10-18-14/h4-10H,3H2,1-2H3,(H,19,21)(H,18,20,22)/t17-/m0/s1. The molecular formula is C17H17N3O4. The minimum absolute atomic E-state index is 0.300. The quantitative estimate of drug-likeness (QED) is 0.840. The molecule has 2 amide bonds. The van der Waals surface area contributed by atoms with Gasteiger partial charge in [0.15, 0.2) is 11.6 Å². The smallest absolute Gasteiger partial charge is 0.279 e. The highest BCUT2D eigenvalue weighted by Gasteiger charge is 2.47. The SMILES string of the molecule is CCOc1ccc(NC(=O)[C@]2(C)Oc3cccnc3NC2=O)cc1. The Morgan fingerprint density at radius 3 is 2.79 bits per heavy atom. The van der Waals surface area contributed by atoms with Crippen LogP contribution < -0.4 is 20.1 Å². The van der Waals surface area contributed by atoms with Gasteiger partial charge in [0, 0.05) is 11.9 Å². The summed E-state index contributed by atoms with van der Waals surface area (Å²) in [5.41, 5.74) is -1.15. The Morgan fingerprint density at radius 1 is 1.33 bits per heavy atom. The zero-order valence-corrected chi connectivity index (χ0v) is 13.3. The summed E-state index contributed by atoms with van der Waals surface area (Å²) in [6, 6.07) is 10.2. The van der Waals surface area contributed by atoms with Crippen LogP contribution in [0.4, 0.5) is 11.5 Å². The van der Waals surface area contributed by atoms with Crippen LogP contribution in [-0.4, -0.2) is 29.0 Å². The van der Waals surface area contributed by atoms with Gasteiger partial charge in [0.1, 0.15) is 5.75 Å². The summed E-state index contributed by atoms with van der Waals surface area (Å²) >= 11 is 0. The average molecular weight is 327 g/mol. The van der Waals surface area contributed by atoms with Crippen LogP contribution in [0.2, 0.25) is 0 Å². The van der Waals surface area contributed by atoms with Crippen LogP contribution in [0.1, 0.15) is 13.8 Å². The fraction of sp³-hybridized carbons (Fsp3) is 0.235. The van der Waals surface area contributed by atoms with Crippen molar-refractivity contribution in [2.24, 2.45) is 0 Å². The van der Waals surface area contributed by atoms with E-state index in [1.165, 1.54) is 13.1 Å². The minimum Gasteiger partial charge on any atom is -0.494 e. The Kier molecular flexibility index (Phi) is 4.07. The first kappa shape index (κ1) is 15.8. The summed E-state index contributed by atoms with van der Waals surface area (Å²) in [7, 11) is 0. The lowest BCUT2D eigenvalue weighted by molar-refractivity contribution is -0.143. The number of hydrogen-bond acceptors (Lipinski definition) is 5. The van der Waals surface area contributed by atoms with Crippen molar-refractivity contribution in [1.29, 1.82) is 0 Å². The zero-order valence-electron chi connectivity index (χ0n) is 13.3. The van der Waals surface area contributed by atoms with Crippen molar-refractivity contribution in [3.05, 3.63) is 42.6 Å². The first-order chi connectivity index (χ1) is 11.5. The number of benzene rings is 1. The van der Waals surface area contributed by atoms with Crippen molar-refractivity contribution < 1.29 is 19.1 Å². The van der Waals surface area contributed by atoms with Crippen molar-refractivity contribution in [3.63, 3.8) is 0 Å². The second kappa shape index (κ2) is 6.19. The van der Waals surface area contributed by atoms with Gasteiger partial charge in [0.2, 0.25) is 0 Å². The maximum atomic E-state index is 12.6. The van der Waals surface area contributed by atoms with Crippen LogP contribution >= 0.6 is 0 Å². The largest absolute Gasteiger partial charge is 0.494 e. The Hall–Kier alpha value is -3.09. The van der Waals surface area contributed by atoms with Gasteiger partial charge in [0.05, 0.1) is 6.61 Å². The fourth-order valence-electron chi connectivity index (χ4n) is 2.26. The summed E-state index contributed by atoms with van der Waals surface area (Å²) in [6.45, 7) is 3.87. The molecule has 0 unspecified atom stereocenters. The molecule has 3 rings (SSSR count). The molecule has 0 saturated carbocycles. The van der Waals surface area contributed by atoms with E-state index in [1.807, 2.05) is 6.92 Å². The third-order valence-corrected chi connectivity index (χ3v) is 3.61. The van der Waals surface area contributed by atoms with E-state index >= 15 is 0 Å². The molecule has 0 saturated heterocycles. The van der Waals surface area contributed by atoms with Gasteiger partial charge in [-0.05, 0) is 50.2 Å². The van der Waals surface area contributed by atoms with Crippen molar-refractivity contribution in [2.75, 3.05) is 17.2 Å². The molecule has 0 bridgehead atoms. The molecule has 24 heavy (non-hydrogen) atoms. The van der Waals surface area contributed by atoms with Crippen molar-refractivity contribution in [1.82, 2.24) is 4.98 Å². The Balaban J connectivity index is 1.77. The van der Waals surface area contributed by atoms with E-state index in [2.05, 4.69) is 15.6 Å². The third-order valence-electron chi connectivity index (χ3n) is 3.61. The Bertz CT molecular complexity index is 776. The molecule has 124 valence electrons. The van der Waals surface area contributed by atoms with Crippen molar-refractivity contribution in [2.45, 2.75) is 19.4 Å². The lowest BCUT2D eigenvalue weighted by Crippen LogP contribution is -2.56. The van der Waals surface area contributed by atoms with Gasteiger partial charge in [-0.1, -0.05) is 0 Å². The van der Waals surface area contributed by atoms with Crippen LogP contribution in [0.15, 0.2) is 42.6 Å². The van der Waals surface area contributed by atoms with Crippen LogP contribution in [0.3, 0.4) is 0 Å². The van der Waals surface area contributed by atoms with Crippen LogP contribution in [0.5, 0.6) is 11.5 Å². The number of aromatic nitrogens is 1. The van der Waals surface area contributed by atoms with Crippen molar-refractivity contribution in [3.8, 4) is 11.5 Å². The van der Waals surface area contributed by atoms with E-state index < -0.39 is 17.4 Å². The number of fused-ring (bicyclic) bond motifs is 1. The number of nitrogens with zero attached hydrogens (tertiary/aromatic N) is 1. The minimum atomic E-state index is -1.69. The molecule has 1 atom stereocenters. The highest BCUT2D eigenvalue weighted by atomic mass is 16.5. The van der Waals surface area contributed by atoms with Gasteiger partial charge in [-0.15, -0.1) is 0 Å². The van der Waals surface area contributed by atoms with Gasteiger partial charge in [0.25, 0.3) is 17.4 Å². The monoisotopic (exact) mass is 327 g/mol. The Labute approximate surface area is 139 Å². The molecule has 2 aromatic rings. The highest BCUT2D eigenvalue weighted by molar-refractivity contribution is 6.18. The number of hydrogen-bond donors (Lipinski definition) is 2. The van der Waals surface area contributed by atoms with Crippen LogP contribution in [0.25, 0.3) is 0 Å². The molecule has 1 aliphatic heterocycles. The average Bonchev–Trinajstić information content (AvgIpc) is 2.58. The fourth-order valence-corrected chi connectivity index (χ4v) is 2.26. The molecule has 2 heterocycles. The molecule has 0 fully saturated rings. The molecule has 1 aromatic heterocycles. The molecular weight excluding hydrogens is 310 g/mol. The van der Waals surface area contributed by atoms with Gasteiger partial charge in [-0.25, -0.2) is 4.98 Å². The van der Waals surface area contributed by atoms with E-state index in [0.29, 0.717) is 29.6 Å². The number of amides is 2. The first-order valence-corrected chi connectivity index (χ1v) is 7.52. The third kappa shape index (κ3) is 2.88. The summed E-state index contributed by atoms with van der Waals surface area (Å²) in [4.78, 5) is 28.9. The van der Waals surface area contributed by atoms with Crippen LogP contribution in [0, 0.1) is 0 Å². The number of pyridine rings is 1. The lowest BCUT2D eigenvalue weighted by Gasteiger charge is -2.32. The molecule has 7 nitrogen and oxygen atoms in total. The number of nitrogens with one attached hydrogen (secondary N) is 2. The summed E-state index contributed by atoms with van der Waals surface area (Å²) in [5, 5.41) is 5.27. The number of anilines is 2. The normalized spacial score (nSPS) is 18.8. The van der Waals surface area contributed by atoms with E-state index in [0.717, 1.165) is 0 Å². The molecule has 1 aliphatic rings. The zero-order chi connectivity index (χ0) is 17.2. The van der Waals surface area contributed by atoms with E-state index in [9.17, 15) is 9.59 Å². The summed E-state index contributed by atoms with van der Waals surface area (Å²) in [5.74, 6) is 0.208. The van der Waals surface area contributed by atoms with Gasteiger partial charge < -0.3 is 20.1 Å². The second-order valence-electron chi connectivity index (χ2n) is 5.35. The number of carbonyl (C=O) groups excluding carboxylic acids is 2.